The molecule has 0 bridgehead atoms. The van der Waals surface area contributed by atoms with E-state index >= 15 is 0 Å². The van der Waals surface area contributed by atoms with Crippen LogP contribution in [0, 0.1) is 0 Å². The van der Waals surface area contributed by atoms with Gasteiger partial charge < -0.3 is 9.84 Å². The summed E-state index contributed by atoms with van der Waals surface area (Å²) in [6.45, 7) is 5.14. The van der Waals surface area contributed by atoms with Crippen LogP contribution in [0.3, 0.4) is 0 Å². The molecule has 0 spiro atoms. The highest BCUT2D eigenvalue weighted by molar-refractivity contribution is 7.89. The van der Waals surface area contributed by atoms with E-state index < -0.39 is 21.5 Å². The second-order valence-electron chi connectivity index (χ2n) is 4.94. The summed E-state index contributed by atoms with van der Waals surface area (Å²) in [5.41, 5.74) is -1.44. The van der Waals surface area contributed by atoms with Gasteiger partial charge in [-0.1, -0.05) is 6.92 Å². The molecule has 0 saturated carbocycles. The molecule has 0 aromatic heterocycles. The summed E-state index contributed by atoms with van der Waals surface area (Å²) in [5, 5.41) is 9.13. The minimum atomic E-state index is -3.63. The Kier molecular flexibility index (Phi) is 4.74. The molecule has 7 heteroatoms. The number of nitrogens with zero attached hydrogens (tertiary/aromatic N) is 1. The average molecular weight is 279 g/mol. The molecule has 0 aromatic rings. The van der Waals surface area contributed by atoms with Crippen LogP contribution < -0.4 is 0 Å². The number of rotatable bonds is 6. The lowest BCUT2D eigenvalue weighted by molar-refractivity contribution is -0.146. The number of aliphatic carboxylic acids is 1. The van der Waals surface area contributed by atoms with Crippen LogP contribution in [0.4, 0.5) is 0 Å². The smallest absolute Gasteiger partial charge is 0.324 e. The lowest BCUT2D eigenvalue weighted by atomic mass is 10.1. The molecule has 1 rings (SSSR count). The van der Waals surface area contributed by atoms with E-state index in [2.05, 4.69) is 0 Å². The van der Waals surface area contributed by atoms with Gasteiger partial charge in [-0.2, -0.15) is 4.31 Å². The molecule has 0 amide bonds. The SMILES string of the molecule is CCN(C(C)(C)C(=O)O)S(=O)(=O)CC1CCCO1. The van der Waals surface area contributed by atoms with Gasteiger partial charge in [0.25, 0.3) is 0 Å². The summed E-state index contributed by atoms with van der Waals surface area (Å²) in [6, 6.07) is 0. The molecule has 1 heterocycles. The maximum Gasteiger partial charge on any atom is 0.324 e. The normalized spacial score (nSPS) is 21.4. The van der Waals surface area contributed by atoms with E-state index in [1.165, 1.54) is 13.8 Å². The van der Waals surface area contributed by atoms with Gasteiger partial charge in [-0.05, 0) is 26.7 Å². The van der Waals surface area contributed by atoms with Gasteiger partial charge in [0.2, 0.25) is 10.0 Å². The highest BCUT2D eigenvalue weighted by atomic mass is 32.2. The monoisotopic (exact) mass is 279 g/mol. The lowest BCUT2D eigenvalue weighted by Crippen LogP contribution is -2.54. The molecule has 0 aliphatic carbocycles. The molecule has 1 N–H and O–H groups in total. The first-order valence-corrected chi connectivity index (χ1v) is 7.68. The molecule has 106 valence electrons. The van der Waals surface area contributed by atoms with Gasteiger partial charge in [-0.3, -0.25) is 4.79 Å². The molecule has 1 aliphatic heterocycles. The molecule has 6 nitrogen and oxygen atoms in total. The maximum atomic E-state index is 12.3. The number of carbonyl (C=O) groups is 1. The van der Waals surface area contributed by atoms with Crippen LogP contribution >= 0.6 is 0 Å². The van der Waals surface area contributed by atoms with E-state index in [0.29, 0.717) is 13.0 Å². The lowest BCUT2D eigenvalue weighted by Gasteiger charge is -2.33. The second kappa shape index (κ2) is 5.54. The Morgan fingerprint density at radius 1 is 1.50 bits per heavy atom. The summed E-state index contributed by atoms with van der Waals surface area (Å²) in [7, 11) is -3.63. The van der Waals surface area contributed by atoms with E-state index in [1.54, 1.807) is 6.92 Å². The number of hydrogen-bond acceptors (Lipinski definition) is 4. The van der Waals surface area contributed by atoms with Crippen LogP contribution in [0.25, 0.3) is 0 Å². The first-order chi connectivity index (χ1) is 8.21. The van der Waals surface area contributed by atoms with E-state index in [0.717, 1.165) is 10.7 Å². The van der Waals surface area contributed by atoms with Gasteiger partial charge in [-0.25, -0.2) is 8.42 Å². The third kappa shape index (κ3) is 3.21. The molecular formula is C11H21NO5S. The highest BCUT2D eigenvalue weighted by Gasteiger charge is 2.42. The first-order valence-electron chi connectivity index (χ1n) is 6.07. The van der Waals surface area contributed by atoms with Crippen molar-refractivity contribution in [2.45, 2.75) is 45.3 Å². The molecule has 1 fully saturated rings. The fraction of sp³-hybridized carbons (Fsp3) is 0.909. The third-order valence-electron chi connectivity index (χ3n) is 3.19. The molecular weight excluding hydrogens is 258 g/mol. The Bertz CT molecular complexity index is 398. The van der Waals surface area contributed by atoms with Gasteiger partial charge in [0.05, 0.1) is 11.9 Å². The van der Waals surface area contributed by atoms with E-state index in [9.17, 15) is 13.2 Å². The predicted octanol–water partition coefficient (Wildman–Crippen LogP) is 0.680. The predicted molar refractivity (Wildman–Crippen MR) is 66.9 cm³/mol. The Hall–Kier alpha value is -0.660. The number of ether oxygens (including phenoxy) is 1. The Morgan fingerprint density at radius 3 is 2.50 bits per heavy atom. The number of carboxylic acid groups (broad SMARTS) is 1. The fourth-order valence-corrected chi connectivity index (χ4v) is 4.23. The van der Waals surface area contributed by atoms with Gasteiger partial charge in [0.15, 0.2) is 0 Å². The van der Waals surface area contributed by atoms with Crippen molar-refractivity contribution < 1.29 is 23.1 Å². The zero-order valence-electron chi connectivity index (χ0n) is 11.0. The molecule has 18 heavy (non-hydrogen) atoms. The number of hydrogen-bond donors (Lipinski definition) is 1. The van der Waals surface area contributed by atoms with Crippen molar-refractivity contribution in [3.8, 4) is 0 Å². The van der Waals surface area contributed by atoms with Gasteiger partial charge in [0, 0.05) is 13.2 Å². The highest BCUT2D eigenvalue weighted by Crippen LogP contribution is 2.22. The maximum absolute atomic E-state index is 12.3. The largest absolute Gasteiger partial charge is 0.480 e. The van der Waals surface area contributed by atoms with Crippen molar-refractivity contribution >= 4 is 16.0 Å². The minimum Gasteiger partial charge on any atom is -0.480 e. The van der Waals surface area contributed by atoms with E-state index in [1.807, 2.05) is 0 Å². The second-order valence-corrected chi connectivity index (χ2v) is 6.88. The van der Waals surface area contributed by atoms with E-state index in [-0.39, 0.29) is 18.4 Å². The van der Waals surface area contributed by atoms with Gasteiger partial charge in [0.1, 0.15) is 5.54 Å². The topological polar surface area (TPSA) is 83.9 Å². The van der Waals surface area contributed by atoms with Crippen LogP contribution in [0.1, 0.15) is 33.6 Å². The summed E-state index contributed by atoms with van der Waals surface area (Å²) < 4.78 is 30.8. The Morgan fingerprint density at radius 2 is 2.11 bits per heavy atom. The van der Waals surface area contributed by atoms with Crippen molar-refractivity contribution in [2.24, 2.45) is 0 Å². The summed E-state index contributed by atoms with van der Waals surface area (Å²) in [4.78, 5) is 11.2. The van der Waals surface area contributed by atoms with Crippen LogP contribution in [0.15, 0.2) is 0 Å². The minimum absolute atomic E-state index is 0.133. The van der Waals surface area contributed by atoms with Gasteiger partial charge in [-0.15, -0.1) is 0 Å². The van der Waals surface area contributed by atoms with Crippen molar-refractivity contribution in [1.29, 1.82) is 0 Å². The third-order valence-corrected chi connectivity index (χ3v) is 5.37. The summed E-state index contributed by atoms with van der Waals surface area (Å²) in [5.74, 6) is -1.29. The van der Waals surface area contributed by atoms with Crippen LogP contribution in [-0.4, -0.2) is 54.3 Å². The summed E-state index contributed by atoms with van der Waals surface area (Å²) >= 11 is 0. The van der Waals surface area contributed by atoms with Gasteiger partial charge >= 0.3 is 5.97 Å². The van der Waals surface area contributed by atoms with Crippen LogP contribution in [0.5, 0.6) is 0 Å². The van der Waals surface area contributed by atoms with E-state index in [4.69, 9.17) is 9.84 Å². The molecule has 0 aromatic carbocycles. The zero-order chi connectivity index (χ0) is 14.0. The van der Waals surface area contributed by atoms with Crippen LogP contribution in [0.2, 0.25) is 0 Å². The quantitative estimate of drug-likeness (QED) is 0.773. The first kappa shape index (κ1) is 15.4. The number of carboxylic acids is 1. The van der Waals surface area contributed by atoms with Crippen LogP contribution in [-0.2, 0) is 19.6 Å². The van der Waals surface area contributed by atoms with Crippen molar-refractivity contribution in [3.63, 3.8) is 0 Å². The molecule has 1 saturated heterocycles. The van der Waals surface area contributed by atoms with Crippen molar-refractivity contribution in [1.82, 2.24) is 4.31 Å². The Balaban J connectivity index is 2.89. The van der Waals surface area contributed by atoms with Crippen molar-refractivity contribution in [3.05, 3.63) is 0 Å². The molecule has 1 atom stereocenters. The standard InChI is InChI=1S/C11H21NO5S/c1-4-12(11(2,3)10(13)14)18(15,16)8-9-6-5-7-17-9/h9H,4-8H2,1-3H3,(H,13,14). The zero-order valence-corrected chi connectivity index (χ0v) is 11.9. The molecule has 1 aliphatic rings. The fourth-order valence-electron chi connectivity index (χ4n) is 2.15. The molecule has 0 radical (unpaired) electrons. The van der Waals surface area contributed by atoms with Crippen molar-refractivity contribution in [2.75, 3.05) is 18.9 Å². The number of likely N-dealkylation sites (N-methyl/N-ethyl adjacent to an activating group) is 1. The summed E-state index contributed by atoms with van der Waals surface area (Å²) in [6.07, 6.45) is 1.26. The Labute approximate surface area is 108 Å². The average Bonchev–Trinajstić information content (AvgIpc) is 2.69. The number of sulfonamides is 1. The molecule has 1 unspecified atom stereocenters.